The first-order chi connectivity index (χ1) is 18.4. The fraction of sp³-hybridized carbons (Fsp3) is 0.304. The fourth-order valence-corrected chi connectivity index (χ4v) is 4.45. The van der Waals surface area contributed by atoms with Gasteiger partial charge in [0.1, 0.15) is 36.7 Å². The molecule has 4 heterocycles. The summed E-state index contributed by atoms with van der Waals surface area (Å²) in [6.07, 6.45) is -2.45. The molecule has 2 aliphatic heterocycles. The quantitative estimate of drug-likeness (QED) is 0.400. The minimum atomic E-state index is -4.48. The van der Waals surface area contributed by atoms with Gasteiger partial charge in [-0.25, -0.2) is 9.67 Å². The summed E-state index contributed by atoms with van der Waals surface area (Å²) in [5, 5.41) is 18.6. The van der Waals surface area contributed by atoms with Crippen LogP contribution in [-0.4, -0.2) is 72.3 Å². The Labute approximate surface area is 212 Å². The van der Waals surface area contributed by atoms with Crippen LogP contribution in [0, 0.1) is 0 Å². The molecule has 38 heavy (non-hydrogen) atoms. The van der Waals surface area contributed by atoms with E-state index in [0.29, 0.717) is 5.75 Å². The largest absolute Gasteiger partial charge is 0.423 e. The molecular weight excluding hydrogens is 509 g/mol. The van der Waals surface area contributed by atoms with Crippen molar-refractivity contribution in [3.63, 3.8) is 0 Å². The number of tetrazole rings is 1. The van der Waals surface area contributed by atoms with E-state index in [4.69, 9.17) is 14.2 Å². The Balaban J connectivity index is 1.11. The van der Waals surface area contributed by atoms with Crippen molar-refractivity contribution in [1.82, 2.24) is 40.3 Å². The van der Waals surface area contributed by atoms with Gasteiger partial charge in [-0.05, 0) is 59.0 Å². The third-order valence-electron chi connectivity index (χ3n) is 6.32. The first-order valence-electron chi connectivity index (χ1n) is 11.5. The fourth-order valence-electron chi connectivity index (χ4n) is 4.45. The van der Waals surface area contributed by atoms with Crippen LogP contribution in [0.1, 0.15) is 22.0 Å². The van der Waals surface area contributed by atoms with E-state index in [9.17, 15) is 18.0 Å². The molecule has 0 unspecified atom stereocenters. The molecule has 2 aliphatic rings. The van der Waals surface area contributed by atoms with Crippen molar-refractivity contribution < 1.29 is 32.2 Å². The summed E-state index contributed by atoms with van der Waals surface area (Å²) >= 11 is 0. The molecule has 2 aromatic heterocycles. The zero-order chi connectivity index (χ0) is 26.3. The van der Waals surface area contributed by atoms with Crippen LogP contribution in [0.25, 0.3) is 5.69 Å². The molecule has 2 saturated heterocycles. The molecule has 1 N–H and O–H groups in total. The Morgan fingerprint density at radius 2 is 1.79 bits per heavy atom. The summed E-state index contributed by atoms with van der Waals surface area (Å²) < 4.78 is 59.2. The first kappa shape index (κ1) is 24.0. The van der Waals surface area contributed by atoms with Crippen LogP contribution in [0.15, 0.2) is 61.2 Å². The molecule has 15 heteroatoms. The third-order valence-corrected chi connectivity index (χ3v) is 6.32. The van der Waals surface area contributed by atoms with Gasteiger partial charge in [-0.3, -0.25) is 4.79 Å². The monoisotopic (exact) mass is 528 g/mol. The second kappa shape index (κ2) is 9.50. The molecule has 2 aromatic carbocycles. The smallest absolute Gasteiger partial charge is 0.416 e. The molecule has 0 bridgehead atoms. The second-order valence-electron chi connectivity index (χ2n) is 8.66. The van der Waals surface area contributed by atoms with E-state index in [1.807, 2.05) is 0 Å². The second-order valence-corrected chi connectivity index (χ2v) is 8.66. The number of amides is 1. The van der Waals surface area contributed by atoms with E-state index in [2.05, 4.69) is 30.9 Å². The maximum atomic E-state index is 12.8. The van der Waals surface area contributed by atoms with Crippen molar-refractivity contribution in [1.29, 1.82) is 0 Å². The molecule has 6 rings (SSSR count). The van der Waals surface area contributed by atoms with Gasteiger partial charge in [-0.15, -0.1) is 0 Å². The highest BCUT2D eigenvalue weighted by molar-refractivity contribution is 5.94. The normalized spacial score (nSPS) is 22.8. The topological polar surface area (TPSA) is 131 Å². The molecular formula is C23H19F3N8O4. The number of hydrogen-bond acceptors (Lipinski definition) is 9. The van der Waals surface area contributed by atoms with Crippen LogP contribution in [0.4, 0.5) is 13.2 Å². The Bertz CT molecular complexity index is 1410. The van der Waals surface area contributed by atoms with E-state index in [0.717, 1.165) is 30.0 Å². The number of halogens is 3. The number of nitrogens with one attached hydrogen (secondary N) is 1. The minimum Gasteiger partial charge on any atom is -0.423 e. The van der Waals surface area contributed by atoms with Gasteiger partial charge >= 0.3 is 12.2 Å². The van der Waals surface area contributed by atoms with Gasteiger partial charge in [0.15, 0.2) is 0 Å². The summed E-state index contributed by atoms with van der Waals surface area (Å²) in [7, 11) is 0. The zero-order valence-corrected chi connectivity index (χ0v) is 19.4. The molecule has 0 radical (unpaired) electrons. The highest BCUT2D eigenvalue weighted by Crippen LogP contribution is 2.36. The lowest BCUT2D eigenvalue weighted by atomic mass is 10.1. The number of aromatic nitrogens is 7. The van der Waals surface area contributed by atoms with Crippen molar-refractivity contribution in [2.75, 3.05) is 13.2 Å². The van der Waals surface area contributed by atoms with Crippen molar-refractivity contribution in [3.05, 3.63) is 72.3 Å². The Morgan fingerprint density at radius 1 is 1.03 bits per heavy atom. The van der Waals surface area contributed by atoms with Gasteiger partial charge in [0.05, 0.1) is 30.5 Å². The summed E-state index contributed by atoms with van der Waals surface area (Å²) in [6, 6.07) is 10.3. The number of carbonyl (C=O) groups is 1. The standard InChI is InChI=1S/C23H19F3N8O4/c24-23(25,26)14-3-1-13(2-4-14)21(35)29-17-9-36-20-18(10-37-19(17)20)34-22(30-31-32-34)38-16-7-5-15(6-8-16)33-12-27-11-28-33/h1-8,11-12,17-20H,9-10H2,(H,29,35)/t17-,18-,19+,20+/m0/s1. The summed E-state index contributed by atoms with van der Waals surface area (Å²) in [5.74, 6) is -0.0322. The molecule has 4 atom stereocenters. The molecule has 0 aliphatic carbocycles. The number of fused-ring (bicyclic) bond motifs is 1. The number of rotatable bonds is 6. The van der Waals surface area contributed by atoms with Crippen LogP contribution >= 0.6 is 0 Å². The highest BCUT2D eigenvalue weighted by Gasteiger charge is 2.50. The molecule has 1 amide bonds. The van der Waals surface area contributed by atoms with Crippen molar-refractivity contribution in [2.24, 2.45) is 0 Å². The van der Waals surface area contributed by atoms with Crippen LogP contribution in [0.3, 0.4) is 0 Å². The molecule has 0 saturated carbocycles. The van der Waals surface area contributed by atoms with Crippen LogP contribution in [-0.2, 0) is 15.7 Å². The lowest BCUT2D eigenvalue weighted by molar-refractivity contribution is -0.137. The number of alkyl halides is 3. The van der Waals surface area contributed by atoms with E-state index in [1.54, 1.807) is 35.3 Å². The van der Waals surface area contributed by atoms with E-state index < -0.39 is 41.9 Å². The van der Waals surface area contributed by atoms with Crippen LogP contribution < -0.4 is 10.1 Å². The van der Waals surface area contributed by atoms with Gasteiger partial charge in [-0.1, -0.05) is 5.10 Å². The summed E-state index contributed by atoms with van der Waals surface area (Å²) in [4.78, 5) is 16.6. The van der Waals surface area contributed by atoms with E-state index in [1.165, 1.54) is 11.0 Å². The molecule has 12 nitrogen and oxygen atoms in total. The first-order valence-corrected chi connectivity index (χ1v) is 11.5. The SMILES string of the molecule is O=C(N[C@H]1CO[C@H]2[C@@H]1OC[C@@H]2n1nnnc1Oc1ccc(-n2cncn2)cc1)c1ccc(C(F)(F)F)cc1. The summed E-state index contributed by atoms with van der Waals surface area (Å²) in [6.45, 7) is 0.356. The average molecular weight is 528 g/mol. The number of nitrogens with zero attached hydrogens (tertiary/aromatic N) is 7. The Kier molecular flexibility index (Phi) is 6.00. The number of ether oxygens (including phenoxy) is 3. The van der Waals surface area contributed by atoms with Crippen molar-refractivity contribution in [2.45, 2.75) is 30.5 Å². The van der Waals surface area contributed by atoms with Crippen molar-refractivity contribution >= 4 is 5.91 Å². The highest BCUT2D eigenvalue weighted by atomic mass is 19.4. The van der Waals surface area contributed by atoms with E-state index >= 15 is 0 Å². The van der Waals surface area contributed by atoms with Crippen molar-refractivity contribution in [3.8, 4) is 17.4 Å². The van der Waals surface area contributed by atoms with Gasteiger partial charge in [-0.2, -0.15) is 23.0 Å². The van der Waals surface area contributed by atoms with Gasteiger partial charge in [0.25, 0.3) is 5.91 Å². The maximum absolute atomic E-state index is 12.8. The van der Waals surface area contributed by atoms with E-state index in [-0.39, 0.29) is 24.8 Å². The Morgan fingerprint density at radius 3 is 2.50 bits per heavy atom. The predicted octanol–water partition coefficient (Wildman–Crippen LogP) is 2.20. The molecule has 196 valence electrons. The average Bonchev–Trinajstić information content (AvgIpc) is 3.71. The number of benzene rings is 2. The lowest BCUT2D eigenvalue weighted by Crippen LogP contribution is -2.44. The molecule has 2 fully saturated rings. The minimum absolute atomic E-state index is 0.0991. The lowest BCUT2D eigenvalue weighted by Gasteiger charge is -2.18. The number of carbonyl (C=O) groups excluding carboxylic acids is 1. The van der Waals surface area contributed by atoms with Gasteiger partial charge in [0, 0.05) is 5.56 Å². The van der Waals surface area contributed by atoms with Gasteiger partial charge < -0.3 is 19.5 Å². The van der Waals surface area contributed by atoms with Gasteiger partial charge in [0.2, 0.25) is 0 Å². The predicted molar refractivity (Wildman–Crippen MR) is 120 cm³/mol. The third kappa shape index (κ3) is 4.56. The molecule has 4 aromatic rings. The maximum Gasteiger partial charge on any atom is 0.416 e. The zero-order valence-electron chi connectivity index (χ0n) is 19.4. The number of hydrogen-bond donors (Lipinski definition) is 1. The van der Waals surface area contributed by atoms with Crippen LogP contribution in [0.5, 0.6) is 11.8 Å². The Hall–Kier alpha value is -4.37. The molecule has 0 spiro atoms. The van der Waals surface area contributed by atoms with Crippen LogP contribution in [0.2, 0.25) is 0 Å². The summed E-state index contributed by atoms with van der Waals surface area (Å²) in [5.41, 5.74) is 0.0677.